The van der Waals surface area contributed by atoms with Crippen LogP contribution in [0, 0.1) is 23.2 Å². The Morgan fingerprint density at radius 1 is 0.820 bits per heavy atom. The molecule has 10 atom stereocenters. The van der Waals surface area contributed by atoms with E-state index in [1.165, 1.54) is 19.1 Å². The smallest absolute Gasteiger partial charge is 0.338 e. The Hall–Kier alpha value is -3.84. The molecule has 2 bridgehead atoms. The zero-order valence-corrected chi connectivity index (χ0v) is 30.5. The molecule has 1 spiro atoms. The first-order valence-electron chi connectivity index (χ1n) is 17.1. The van der Waals surface area contributed by atoms with Crippen LogP contribution in [0.3, 0.4) is 0 Å². The number of aliphatic hydroxyl groups is 1. The number of benzene rings is 1. The molecule has 3 fully saturated rings. The molecule has 4 rings (SSSR count). The third kappa shape index (κ3) is 6.54. The summed E-state index contributed by atoms with van der Waals surface area (Å²) < 4.78 is 37.5. The van der Waals surface area contributed by atoms with Gasteiger partial charge in [-0.3, -0.25) is 24.0 Å². The Labute approximate surface area is 292 Å². The Bertz CT molecular complexity index is 1500. The lowest BCUT2D eigenvalue weighted by atomic mass is 9.44. The van der Waals surface area contributed by atoms with Crippen LogP contribution in [-0.2, 0) is 52.4 Å². The van der Waals surface area contributed by atoms with Crippen molar-refractivity contribution in [3.05, 3.63) is 35.9 Å². The minimum atomic E-state index is -2.20. The minimum absolute atomic E-state index is 0.108. The first kappa shape index (κ1) is 39.0. The number of carbonyl (C=O) groups excluding carboxylic acids is 6. The topological polar surface area (TPSA) is 178 Å². The molecular formula is C37H50O13. The molecule has 1 N–H and O–H groups in total. The average molecular weight is 703 g/mol. The Morgan fingerprint density at radius 3 is 1.90 bits per heavy atom. The molecule has 1 unspecified atom stereocenters. The number of esters is 5. The van der Waals surface area contributed by atoms with E-state index in [1.54, 1.807) is 59.7 Å². The van der Waals surface area contributed by atoms with Gasteiger partial charge in [-0.05, 0) is 39.3 Å². The summed E-state index contributed by atoms with van der Waals surface area (Å²) in [5, 5.41) is 12.8. The predicted molar refractivity (Wildman–Crippen MR) is 175 cm³/mol. The molecular weight excluding hydrogens is 652 g/mol. The molecule has 13 nitrogen and oxygen atoms in total. The van der Waals surface area contributed by atoms with Gasteiger partial charge < -0.3 is 33.5 Å². The number of hydrogen-bond donors (Lipinski definition) is 1. The lowest BCUT2D eigenvalue weighted by Crippen LogP contribution is -2.85. The van der Waals surface area contributed by atoms with Gasteiger partial charge in [-0.1, -0.05) is 45.9 Å². The van der Waals surface area contributed by atoms with Crippen molar-refractivity contribution < 1.29 is 62.3 Å². The van der Waals surface area contributed by atoms with Crippen molar-refractivity contribution in [1.82, 2.24) is 0 Å². The van der Waals surface area contributed by atoms with E-state index in [0.29, 0.717) is 6.42 Å². The van der Waals surface area contributed by atoms with Crippen LogP contribution in [-0.4, -0.2) is 88.1 Å². The average Bonchev–Trinajstić information content (AvgIpc) is 3.21. The van der Waals surface area contributed by atoms with Gasteiger partial charge in [-0.15, -0.1) is 0 Å². The van der Waals surface area contributed by atoms with Gasteiger partial charge >= 0.3 is 29.8 Å². The Kier molecular flexibility index (Phi) is 10.9. The van der Waals surface area contributed by atoms with Gasteiger partial charge in [0.2, 0.25) is 0 Å². The quantitative estimate of drug-likeness (QED) is 0.260. The second kappa shape index (κ2) is 14.1. The number of fused-ring (bicyclic) bond motifs is 1. The summed E-state index contributed by atoms with van der Waals surface area (Å²) in [4.78, 5) is 80.8. The SMILES string of the molecule is CCC(C)C(=O)C[C@]12[C@@H](OC(=O)c3ccccc3)[C@H](OC(=O)C(C)C)[C@@H]3[C@@H](OC(C)=O)[C@]1(OC3(C)C)[C@@](C)(O)C[C@H](OC(C)=O)[C@@H]2OC(C)=O. The first-order chi connectivity index (χ1) is 23.2. The largest absolute Gasteiger partial charge is 0.459 e. The molecule has 276 valence electrons. The van der Waals surface area contributed by atoms with Crippen molar-refractivity contribution in [2.24, 2.45) is 23.2 Å². The summed E-state index contributed by atoms with van der Waals surface area (Å²) in [6.07, 6.45) is -8.35. The molecule has 1 aromatic rings. The lowest BCUT2D eigenvalue weighted by Gasteiger charge is -2.67. The van der Waals surface area contributed by atoms with Crippen LogP contribution in [0.1, 0.15) is 98.9 Å². The normalized spacial score (nSPS) is 34.5. The maximum Gasteiger partial charge on any atom is 0.338 e. The van der Waals surface area contributed by atoms with E-state index in [4.69, 9.17) is 28.4 Å². The number of ether oxygens (including phenoxy) is 6. The van der Waals surface area contributed by atoms with Gasteiger partial charge in [0.05, 0.1) is 34.0 Å². The highest BCUT2D eigenvalue weighted by atomic mass is 16.6. The van der Waals surface area contributed by atoms with Crippen molar-refractivity contribution in [2.75, 3.05) is 0 Å². The molecule has 1 saturated heterocycles. The van der Waals surface area contributed by atoms with E-state index in [1.807, 2.05) is 0 Å². The van der Waals surface area contributed by atoms with E-state index < -0.39 is 119 Å². The standard InChI is InChI=1S/C37H50O13/c1-11-20(4)25(41)17-36-29(46-22(6)39)26(45-21(5)38)18-35(10,44)37(36)30(47-23(7)40)27(34(8,9)50-37)28(48-32(42)19(2)3)31(36)49-33(43)24-15-13-12-14-16-24/h12-16,19-20,26-31,44H,11,17-18H2,1-10H3/t20?,26-,27+,28+,29-,30+,31-,35-,36-,37-/m0/s1. The van der Waals surface area contributed by atoms with Crippen molar-refractivity contribution >= 4 is 35.6 Å². The number of ketones is 1. The van der Waals surface area contributed by atoms with Gasteiger partial charge in [-0.25, -0.2) is 4.79 Å². The van der Waals surface area contributed by atoms with Gasteiger partial charge in [0.25, 0.3) is 0 Å². The van der Waals surface area contributed by atoms with Crippen LogP contribution >= 0.6 is 0 Å². The van der Waals surface area contributed by atoms with Gasteiger partial charge in [0.15, 0.2) is 12.2 Å². The number of rotatable bonds is 11. The highest BCUT2D eigenvalue weighted by molar-refractivity contribution is 5.90. The number of Topliss-reactive ketones (excluding diaryl/α,β-unsaturated/α-hetero) is 1. The molecule has 2 saturated carbocycles. The Balaban J connectivity index is 2.23. The van der Waals surface area contributed by atoms with E-state index in [0.717, 1.165) is 20.8 Å². The molecule has 50 heavy (non-hydrogen) atoms. The second-order valence-corrected chi connectivity index (χ2v) is 14.9. The molecule has 0 aromatic heterocycles. The van der Waals surface area contributed by atoms with Gasteiger partial charge in [-0.2, -0.15) is 0 Å². The van der Waals surface area contributed by atoms with E-state index >= 15 is 0 Å². The maximum atomic E-state index is 14.4. The highest BCUT2D eigenvalue weighted by Gasteiger charge is 2.88. The maximum absolute atomic E-state index is 14.4. The Morgan fingerprint density at radius 2 is 1.38 bits per heavy atom. The zero-order chi connectivity index (χ0) is 37.6. The summed E-state index contributed by atoms with van der Waals surface area (Å²) in [6.45, 7) is 14.8. The minimum Gasteiger partial charge on any atom is -0.459 e. The molecule has 3 aliphatic rings. The molecule has 13 heteroatoms. The monoisotopic (exact) mass is 702 g/mol. The van der Waals surface area contributed by atoms with Crippen LogP contribution in [0.25, 0.3) is 0 Å². The fourth-order valence-corrected chi connectivity index (χ4v) is 8.42. The van der Waals surface area contributed by atoms with Gasteiger partial charge in [0.1, 0.15) is 29.7 Å². The zero-order valence-electron chi connectivity index (χ0n) is 30.5. The summed E-state index contributed by atoms with van der Waals surface area (Å²) >= 11 is 0. The van der Waals surface area contributed by atoms with Crippen molar-refractivity contribution in [1.29, 1.82) is 0 Å². The van der Waals surface area contributed by atoms with E-state index in [9.17, 15) is 33.9 Å². The van der Waals surface area contributed by atoms with Crippen molar-refractivity contribution in [2.45, 2.75) is 136 Å². The number of hydrogen-bond acceptors (Lipinski definition) is 13. The molecule has 1 heterocycles. The van der Waals surface area contributed by atoms with Crippen LogP contribution in [0.2, 0.25) is 0 Å². The molecule has 0 radical (unpaired) electrons. The molecule has 0 amide bonds. The summed E-state index contributed by atoms with van der Waals surface area (Å²) in [5.41, 5.74) is -7.80. The fourth-order valence-electron chi connectivity index (χ4n) is 8.42. The molecule has 1 aromatic carbocycles. The molecule has 1 aliphatic heterocycles. The predicted octanol–water partition coefficient (Wildman–Crippen LogP) is 3.90. The lowest BCUT2D eigenvalue weighted by molar-refractivity contribution is -0.356. The van der Waals surface area contributed by atoms with Gasteiger partial charge in [0, 0.05) is 39.5 Å². The third-order valence-electron chi connectivity index (χ3n) is 10.5. The highest BCUT2D eigenvalue weighted by Crippen LogP contribution is 2.70. The third-order valence-corrected chi connectivity index (χ3v) is 10.5. The van der Waals surface area contributed by atoms with Crippen LogP contribution in [0.15, 0.2) is 30.3 Å². The van der Waals surface area contributed by atoms with Crippen LogP contribution in [0.5, 0.6) is 0 Å². The molecule has 2 aliphatic carbocycles. The fraction of sp³-hybridized carbons (Fsp3) is 0.676. The second-order valence-electron chi connectivity index (χ2n) is 14.9. The van der Waals surface area contributed by atoms with Crippen LogP contribution < -0.4 is 0 Å². The summed E-state index contributed by atoms with van der Waals surface area (Å²) in [5.74, 6) is -6.82. The van der Waals surface area contributed by atoms with E-state index in [-0.39, 0.29) is 5.56 Å². The van der Waals surface area contributed by atoms with Crippen molar-refractivity contribution in [3.63, 3.8) is 0 Å². The number of carbonyl (C=O) groups is 6. The summed E-state index contributed by atoms with van der Waals surface area (Å²) in [6, 6.07) is 7.95. The van der Waals surface area contributed by atoms with E-state index in [2.05, 4.69) is 0 Å². The summed E-state index contributed by atoms with van der Waals surface area (Å²) in [7, 11) is 0. The first-order valence-corrected chi connectivity index (χ1v) is 17.1. The van der Waals surface area contributed by atoms with Crippen molar-refractivity contribution in [3.8, 4) is 0 Å². The van der Waals surface area contributed by atoms with Crippen LogP contribution in [0.4, 0.5) is 0 Å².